The minimum Gasteiger partial charge on any atom is -0.741 e. The largest absolute Gasteiger partial charge is 0.741 e. The molecule has 1 aliphatic carbocycles. The molecule has 0 fully saturated rings. The van der Waals surface area contributed by atoms with Crippen molar-refractivity contribution in [1.29, 1.82) is 0 Å². The molecule has 0 aliphatic heterocycles. The van der Waals surface area contributed by atoms with E-state index >= 15 is 0 Å². The van der Waals surface area contributed by atoms with E-state index in [4.69, 9.17) is 13.0 Å². The van der Waals surface area contributed by atoms with Crippen LogP contribution >= 0.6 is 15.8 Å². The predicted octanol–water partition coefficient (Wildman–Crippen LogP) is 8.22. The zero-order valence-electron chi connectivity index (χ0n) is 25.2. The fraction of sp³-hybridized carbons (Fsp3) is 0.200. The van der Waals surface area contributed by atoms with Crippen LogP contribution in [0, 0.1) is 0 Å². The van der Waals surface area contributed by atoms with Gasteiger partial charge in [-0.2, -0.15) is 13.2 Å². The summed E-state index contributed by atoms with van der Waals surface area (Å²) in [6, 6.07) is 42.8. The van der Waals surface area contributed by atoms with Crippen LogP contribution in [0.4, 0.5) is 13.2 Å². The van der Waals surface area contributed by atoms with Crippen LogP contribution in [-0.2, 0) is 29.6 Å². The van der Waals surface area contributed by atoms with Gasteiger partial charge in [-0.1, -0.05) is 146 Å². The molecular weight excluding hydrogens is 722 g/mol. The Morgan fingerprint density at radius 3 is 0.844 bits per heavy atom. The second-order valence-corrected chi connectivity index (χ2v) is 15.1. The van der Waals surface area contributed by atoms with Crippen molar-refractivity contribution in [3.05, 3.63) is 146 Å². The summed E-state index contributed by atoms with van der Waals surface area (Å²) in [6.45, 7) is 4.61. The predicted molar refractivity (Wildman–Crippen MR) is 182 cm³/mol. The third kappa shape index (κ3) is 16.6. The summed E-state index contributed by atoms with van der Waals surface area (Å²) in [5.41, 5.74) is -5.65. The number of hydrogen-bond acceptors (Lipinski definition) is 3. The van der Waals surface area contributed by atoms with Crippen molar-refractivity contribution in [1.82, 2.24) is 0 Å². The maximum atomic E-state index is 10.7. The zero-order valence-corrected chi connectivity index (χ0v) is 29.4. The molecule has 0 heterocycles. The minimum absolute atomic E-state index is 0. The third-order valence-corrected chi connectivity index (χ3v) is 11.0. The average molecular weight is 761 g/mol. The summed E-state index contributed by atoms with van der Waals surface area (Å²) in [7, 11) is -6.43. The molecule has 0 amide bonds. The monoisotopic (exact) mass is 760 g/mol. The molecule has 0 bridgehead atoms. The van der Waals surface area contributed by atoms with Crippen LogP contribution in [0.1, 0.15) is 25.7 Å². The Hall–Kier alpha value is -2.46. The van der Waals surface area contributed by atoms with E-state index in [1.54, 1.807) is 0 Å². The molecule has 1 aliphatic rings. The van der Waals surface area contributed by atoms with Gasteiger partial charge in [0.15, 0.2) is 10.1 Å². The number of hydrogen-bond donors (Lipinski definition) is 0. The molecule has 243 valence electrons. The van der Waals surface area contributed by atoms with Crippen LogP contribution in [-0.4, -0.2) is 31.8 Å². The van der Waals surface area contributed by atoms with E-state index in [1.165, 1.54) is 46.9 Å². The first kappa shape index (κ1) is 40.6. The van der Waals surface area contributed by atoms with Gasteiger partial charge in [-0.05, 0) is 76.1 Å². The molecule has 0 spiro atoms. The van der Waals surface area contributed by atoms with E-state index in [0.29, 0.717) is 0 Å². The first-order valence-electron chi connectivity index (χ1n) is 14.0. The molecule has 0 aromatic heterocycles. The maximum absolute atomic E-state index is 10.7. The Labute approximate surface area is 281 Å². The number of alkyl halides is 3. The van der Waals surface area contributed by atoms with Gasteiger partial charge in [0.05, 0.1) is 0 Å². The molecule has 0 saturated heterocycles. The zero-order chi connectivity index (χ0) is 32.3. The van der Waals surface area contributed by atoms with Crippen molar-refractivity contribution in [2.45, 2.75) is 31.2 Å². The standard InChI is InChI=1S/2C13H13P.C8H12.CHF3O3S.Rh/c2*1-14(12-8-4-2-5-9-12)13-10-6-3-7-11-13;1-2-4-6-8-7-5-3-1;2-1(3,4)8(5,6)7;/h2*2-11H,1H3;1-2,7-8H,3-6H2;(H,5,6,7);/p-1. The van der Waals surface area contributed by atoms with E-state index in [9.17, 15) is 13.2 Å². The quantitative estimate of drug-likeness (QED) is 0.0693. The van der Waals surface area contributed by atoms with Crippen LogP contribution in [0.25, 0.3) is 0 Å². The molecule has 0 unspecified atom stereocenters. The fourth-order valence-electron chi connectivity index (χ4n) is 3.76. The van der Waals surface area contributed by atoms with Gasteiger partial charge in [-0.3, -0.25) is 0 Å². The molecule has 5 rings (SSSR count). The molecule has 10 heteroatoms. The molecule has 0 N–H and O–H groups in total. The summed E-state index contributed by atoms with van der Waals surface area (Å²) in [5, 5.41) is 5.75. The Kier molecular flexibility index (Phi) is 20.0. The number of halogens is 3. The average Bonchev–Trinajstić information content (AvgIpc) is 3.02. The molecule has 4 aromatic carbocycles. The van der Waals surface area contributed by atoms with Crippen LogP contribution in [0.2, 0.25) is 0 Å². The number of allylic oxidation sites excluding steroid dienone is 4. The van der Waals surface area contributed by atoms with Crippen molar-refractivity contribution < 1.29 is 45.6 Å². The van der Waals surface area contributed by atoms with Gasteiger partial charge in [0, 0.05) is 19.5 Å². The Bertz CT molecular complexity index is 1300. The van der Waals surface area contributed by atoms with Crippen molar-refractivity contribution in [3.63, 3.8) is 0 Å². The van der Waals surface area contributed by atoms with E-state index in [-0.39, 0.29) is 35.3 Å². The number of benzene rings is 4. The van der Waals surface area contributed by atoms with E-state index in [1.807, 2.05) is 0 Å². The second-order valence-electron chi connectivity index (χ2n) is 9.46. The van der Waals surface area contributed by atoms with Gasteiger partial charge in [0.25, 0.3) is 0 Å². The smallest absolute Gasteiger partial charge is 0.485 e. The first-order valence-corrected chi connectivity index (χ1v) is 19.0. The van der Waals surface area contributed by atoms with E-state index in [2.05, 4.69) is 159 Å². The van der Waals surface area contributed by atoms with Gasteiger partial charge < -0.3 is 4.55 Å². The van der Waals surface area contributed by atoms with Crippen molar-refractivity contribution >= 4 is 47.2 Å². The molecule has 1 radical (unpaired) electrons. The molecular formula is C35H38F3O3P2RhS-. The van der Waals surface area contributed by atoms with Crippen molar-refractivity contribution in [2.24, 2.45) is 0 Å². The SMILES string of the molecule is C1=CCCC=CCC1.CP(c1ccccc1)c1ccccc1.CP(c1ccccc1)c1ccccc1.O=S(=O)([O-])C(F)(F)F.[Rh]. The van der Waals surface area contributed by atoms with Gasteiger partial charge in [0.2, 0.25) is 0 Å². The Balaban J connectivity index is 0.000000309. The summed E-state index contributed by atoms with van der Waals surface area (Å²) in [4.78, 5) is 0. The molecule has 0 atom stereocenters. The minimum atomic E-state index is -6.09. The van der Waals surface area contributed by atoms with Gasteiger partial charge >= 0.3 is 5.51 Å². The van der Waals surface area contributed by atoms with Gasteiger partial charge in [-0.15, -0.1) is 0 Å². The Morgan fingerprint density at radius 1 is 0.511 bits per heavy atom. The molecule has 0 saturated carbocycles. The van der Waals surface area contributed by atoms with Crippen LogP contribution < -0.4 is 21.2 Å². The normalized spacial score (nSPS) is 12.5. The Morgan fingerprint density at radius 2 is 0.689 bits per heavy atom. The number of rotatable bonds is 4. The van der Waals surface area contributed by atoms with E-state index in [0.717, 1.165) is 0 Å². The van der Waals surface area contributed by atoms with Crippen LogP contribution in [0.3, 0.4) is 0 Å². The van der Waals surface area contributed by atoms with Gasteiger partial charge in [0.1, 0.15) is 0 Å². The molecule has 4 aromatic rings. The molecule has 3 nitrogen and oxygen atoms in total. The van der Waals surface area contributed by atoms with Crippen molar-refractivity contribution in [3.8, 4) is 0 Å². The fourth-order valence-corrected chi connectivity index (χ4v) is 6.83. The summed E-state index contributed by atoms with van der Waals surface area (Å²) >= 11 is 0. The maximum Gasteiger partial charge on any atom is 0.485 e. The second kappa shape index (κ2) is 22.1. The topological polar surface area (TPSA) is 57.2 Å². The van der Waals surface area contributed by atoms with Crippen molar-refractivity contribution in [2.75, 3.05) is 13.3 Å². The third-order valence-electron chi connectivity index (χ3n) is 6.19. The van der Waals surface area contributed by atoms with Crippen LogP contribution in [0.15, 0.2) is 146 Å². The summed E-state index contributed by atoms with van der Waals surface area (Å²) < 4.78 is 58.9. The van der Waals surface area contributed by atoms with Gasteiger partial charge in [-0.25, -0.2) is 8.42 Å². The van der Waals surface area contributed by atoms with E-state index < -0.39 is 15.6 Å². The summed E-state index contributed by atoms with van der Waals surface area (Å²) in [6.07, 6.45) is 14.0. The first-order chi connectivity index (χ1) is 21.0. The van der Waals surface area contributed by atoms with Crippen LogP contribution in [0.5, 0.6) is 0 Å². The summed E-state index contributed by atoms with van der Waals surface area (Å²) in [5.74, 6) is 0. The molecule has 45 heavy (non-hydrogen) atoms.